The van der Waals surface area contributed by atoms with Gasteiger partial charge in [0.1, 0.15) is 9.88 Å². The van der Waals surface area contributed by atoms with Gasteiger partial charge in [-0.3, -0.25) is 0 Å². The van der Waals surface area contributed by atoms with Gasteiger partial charge in [-0.05, 0) is 12.5 Å². The summed E-state index contributed by atoms with van der Waals surface area (Å²) in [4.78, 5) is 16.3. The summed E-state index contributed by atoms with van der Waals surface area (Å²) in [5.41, 5.74) is 0.844. The predicted molar refractivity (Wildman–Crippen MR) is 77.4 cm³/mol. The molecule has 0 amide bonds. The van der Waals surface area contributed by atoms with Gasteiger partial charge in [0.05, 0.1) is 12.8 Å². The molecule has 0 spiro atoms. The van der Waals surface area contributed by atoms with Crippen LogP contribution in [-0.2, 0) is 4.74 Å². The highest BCUT2D eigenvalue weighted by Gasteiger charge is 2.13. The van der Waals surface area contributed by atoms with Crippen LogP contribution in [0.3, 0.4) is 0 Å². The number of esters is 1. The number of ether oxygens (including phenoxy) is 1. The highest BCUT2D eigenvalue weighted by atomic mass is 32.1. The molecular formula is C15H13F2NO2S. The number of hydrogen-bond acceptors (Lipinski definition) is 4. The number of nitrogens with zero attached hydrogens (tertiary/aromatic N) is 1. The summed E-state index contributed by atoms with van der Waals surface area (Å²) in [6, 6.07) is 9.45. The first kappa shape index (κ1) is 15.3. The van der Waals surface area contributed by atoms with Crippen molar-refractivity contribution in [1.82, 2.24) is 4.98 Å². The van der Waals surface area contributed by atoms with E-state index in [9.17, 15) is 13.6 Å². The average Bonchev–Trinajstić information content (AvgIpc) is 2.97. The van der Waals surface area contributed by atoms with Crippen LogP contribution in [-0.4, -0.2) is 17.6 Å². The zero-order valence-corrected chi connectivity index (χ0v) is 12.1. The molecule has 0 saturated carbocycles. The van der Waals surface area contributed by atoms with Crippen LogP contribution < -0.4 is 0 Å². The Morgan fingerprint density at radius 2 is 2.00 bits per heavy atom. The minimum Gasteiger partial charge on any atom is -0.461 e. The first-order chi connectivity index (χ1) is 10.1. The van der Waals surface area contributed by atoms with Gasteiger partial charge >= 0.3 is 5.97 Å². The van der Waals surface area contributed by atoms with Crippen LogP contribution in [0, 0.1) is 0 Å². The zero-order valence-electron chi connectivity index (χ0n) is 11.3. The molecule has 0 atom stereocenters. The van der Waals surface area contributed by atoms with Crippen molar-refractivity contribution in [2.45, 2.75) is 13.3 Å². The van der Waals surface area contributed by atoms with Gasteiger partial charge < -0.3 is 4.74 Å². The summed E-state index contributed by atoms with van der Waals surface area (Å²) in [5.74, 6) is -0.540. The fourth-order valence-corrected chi connectivity index (χ4v) is 2.36. The molecule has 0 bridgehead atoms. The van der Waals surface area contributed by atoms with Gasteiger partial charge in [-0.1, -0.05) is 30.3 Å². The molecule has 1 heterocycles. The molecule has 1 aromatic heterocycles. The lowest BCUT2D eigenvalue weighted by molar-refractivity contribution is 0.0513. The standard InChI is InChI=1S/C15H13F2NO2S/c1-10(13(16)17)7-8-20-15(19)12-9-18-14(21-12)11-5-3-2-4-6-11/h2-6,9H,7-8H2,1H3. The van der Waals surface area contributed by atoms with Crippen LogP contribution in [0.5, 0.6) is 0 Å². The molecule has 110 valence electrons. The van der Waals surface area contributed by atoms with Crippen molar-refractivity contribution in [3.05, 3.63) is 53.1 Å². The molecule has 6 heteroatoms. The molecule has 0 unspecified atom stereocenters. The number of benzene rings is 1. The molecule has 2 rings (SSSR count). The van der Waals surface area contributed by atoms with Gasteiger partial charge in [0.25, 0.3) is 6.08 Å². The first-order valence-corrected chi connectivity index (χ1v) is 7.08. The van der Waals surface area contributed by atoms with Crippen molar-refractivity contribution in [1.29, 1.82) is 0 Å². The third-order valence-electron chi connectivity index (χ3n) is 2.76. The average molecular weight is 309 g/mol. The fraction of sp³-hybridized carbons (Fsp3) is 0.200. The number of aromatic nitrogens is 1. The summed E-state index contributed by atoms with van der Waals surface area (Å²) in [7, 11) is 0. The fourth-order valence-electron chi connectivity index (χ4n) is 1.55. The number of rotatable bonds is 5. The van der Waals surface area contributed by atoms with Crippen molar-refractivity contribution in [2.24, 2.45) is 0 Å². The normalized spacial score (nSPS) is 10.2. The lowest BCUT2D eigenvalue weighted by atomic mass is 10.2. The van der Waals surface area contributed by atoms with E-state index >= 15 is 0 Å². The van der Waals surface area contributed by atoms with E-state index in [1.54, 1.807) is 0 Å². The zero-order chi connectivity index (χ0) is 15.2. The maximum atomic E-state index is 12.2. The summed E-state index contributed by atoms with van der Waals surface area (Å²) >= 11 is 1.21. The van der Waals surface area contributed by atoms with Gasteiger partial charge in [0.15, 0.2) is 0 Å². The lowest BCUT2D eigenvalue weighted by Crippen LogP contribution is -2.05. The van der Waals surface area contributed by atoms with Crippen LogP contribution >= 0.6 is 11.3 Å². The van der Waals surface area contributed by atoms with E-state index in [0.29, 0.717) is 9.88 Å². The SMILES string of the molecule is CC(CCOC(=O)c1cnc(-c2ccccc2)s1)=C(F)F. The van der Waals surface area contributed by atoms with Crippen LogP contribution in [0.2, 0.25) is 0 Å². The monoisotopic (exact) mass is 309 g/mol. The molecule has 0 radical (unpaired) electrons. The van der Waals surface area contributed by atoms with Crippen molar-refractivity contribution >= 4 is 17.3 Å². The van der Waals surface area contributed by atoms with Crippen LogP contribution in [0.15, 0.2) is 48.2 Å². The van der Waals surface area contributed by atoms with Crippen LogP contribution in [0.25, 0.3) is 10.6 Å². The molecular weight excluding hydrogens is 296 g/mol. The van der Waals surface area contributed by atoms with Crippen molar-refractivity contribution in [3.8, 4) is 10.6 Å². The number of thiazole rings is 1. The van der Waals surface area contributed by atoms with Gasteiger partial charge in [-0.2, -0.15) is 8.78 Å². The molecule has 1 aromatic carbocycles. The Balaban J connectivity index is 1.95. The van der Waals surface area contributed by atoms with Crippen molar-refractivity contribution in [3.63, 3.8) is 0 Å². The smallest absolute Gasteiger partial charge is 0.349 e. The Hall–Kier alpha value is -2.08. The van der Waals surface area contributed by atoms with E-state index in [0.717, 1.165) is 5.56 Å². The summed E-state index contributed by atoms with van der Waals surface area (Å²) < 4.78 is 29.4. The topological polar surface area (TPSA) is 39.2 Å². The minimum absolute atomic E-state index is 0.0262. The second kappa shape index (κ2) is 7.08. The van der Waals surface area contributed by atoms with Gasteiger partial charge in [0.2, 0.25) is 0 Å². The minimum atomic E-state index is -1.73. The van der Waals surface area contributed by atoms with E-state index in [-0.39, 0.29) is 18.6 Å². The second-order valence-electron chi connectivity index (χ2n) is 4.32. The molecule has 0 N–H and O–H groups in total. The third kappa shape index (κ3) is 4.19. The summed E-state index contributed by atoms with van der Waals surface area (Å²) in [6.07, 6.45) is -0.262. The maximum absolute atomic E-state index is 12.2. The van der Waals surface area contributed by atoms with Gasteiger partial charge in [0, 0.05) is 12.0 Å². The first-order valence-electron chi connectivity index (χ1n) is 6.27. The van der Waals surface area contributed by atoms with E-state index in [4.69, 9.17) is 4.74 Å². The molecule has 0 aliphatic heterocycles. The number of hydrogen-bond donors (Lipinski definition) is 0. The third-order valence-corrected chi connectivity index (χ3v) is 3.79. The van der Waals surface area contributed by atoms with E-state index in [1.807, 2.05) is 30.3 Å². The maximum Gasteiger partial charge on any atom is 0.349 e. The Morgan fingerprint density at radius 1 is 1.29 bits per heavy atom. The second-order valence-corrected chi connectivity index (χ2v) is 5.35. The Bertz CT molecular complexity index is 649. The molecule has 3 nitrogen and oxygen atoms in total. The summed E-state index contributed by atoms with van der Waals surface area (Å²) in [6.45, 7) is 1.24. The highest BCUT2D eigenvalue weighted by Crippen LogP contribution is 2.25. The Morgan fingerprint density at radius 3 is 2.67 bits per heavy atom. The van der Waals surface area contributed by atoms with E-state index in [1.165, 1.54) is 24.5 Å². The Kier molecular flexibility index (Phi) is 5.16. The van der Waals surface area contributed by atoms with Gasteiger partial charge in [-0.25, -0.2) is 9.78 Å². The van der Waals surface area contributed by atoms with Crippen LogP contribution in [0.4, 0.5) is 8.78 Å². The number of halogens is 2. The molecule has 2 aromatic rings. The largest absolute Gasteiger partial charge is 0.461 e. The van der Waals surface area contributed by atoms with Crippen molar-refractivity contribution < 1.29 is 18.3 Å². The van der Waals surface area contributed by atoms with Crippen LogP contribution in [0.1, 0.15) is 23.0 Å². The van der Waals surface area contributed by atoms with E-state index in [2.05, 4.69) is 4.98 Å². The van der Waals surface area contributed by atoms with Gasteiger partial charge in [-0.15, -0.1) is 11.3 Å². The molecule has 0 saturated heterocycles. The number of carbonyl (C=O) groups excluding carboxylic acids is 1. The molecule has 0 aliphatic rings. The molecule has 0 fully saturated rings. The Labute approximate surface area is 124 Å². The number of carbonyl (C=O) groups is 1. The molecule has 0 aliphatic carbocycles. The highest BCUT2D eigenvalue weighted by molar-refractivity contribution is 7.16. The summed E-state index contributed by atoms with van der Waals surface area (Å²) in [5, 5.41) is 0.716. The van der Waals surface area contributed by atoms with E-state index < -0.39 is 12.0 Å². The predicted octanol–water partition coefficient (Wildman–Crippen LogP) is 4.53. The quantitative estimate of drug-likeness (QED) is 0.762. The molecule has 21 heavy (non-hydrogen) atoms. The van der Waals surface area contributed by atoms with Crippen molar-refractivity contribution in [2.75, 3.05) is 6.61 Å². The lowest BCUT2D eigenvalue weighted by Gasteiger charge is -2.02.